The summed E-state index contributed by atoms with van der Waals surface area (Å²) in [5.74, 6) is -4.14. The highest BCUT2D eigenvalue weighted by Crippen LogP contribution is 2.59. The Hall–Kier alpha value is -1.30. The molecule has 1 saturated carbocycles. The molecule has 0 radical (unpaired) electrons. The third-order valence-corrected chi connectivity index (χ3v) is 5.44. The predicted octanol–water partition coefficient (Wildman–Crippen LogP) is 5.46. The molecule has 1 aliphatic carbocycles. The number of carbonyl (C=O) groups is 1. The van der Waals surface area contributed by atoms with Gasteiger partial charge in [0.05, 0.1) is 10.4 Å². The molecule has 0 amide bonds. The highest BCUT2D eigenvalue weighted by atomic mass is 79.9. The number of rotatable bonds is 4. The van der Waals surface area contributed by atoms with Crippen molar-refractivity contribution in [3.8, 4) is 0 Å². The smallest absolute Gasteiger partial charge is 0.310 e. The lowest BCUT2D eigenvalue weighted by atomic mass is 10.1. The van der Waals surface area contributed by atoms with Gasteiger partial charge in [-0.3, -0.25) is 4.79 Å². The largest absolute Gasteiger partial charge is 0.460 e. The molecule has 0 aliphatic heterocycles. The molecule has 2 rings (SSSR count). The molecular weight excluding hydrogens is 385 g/mol. The molecule has 0 bridgehead atoms. The van der Waals surface area contributed by atoms with Crippen molar-refractivity contribution >= 4 is 21.9 Å². The zero-order chi connectivity index (χ0) is 18.4. The van der Waals surface area contributed by atoms with E-state index < -0.39 is 35.6 Å². The average Bonchev–Trinajstić information content (AvgIpc) is 3.02. The van der Waals surface area contributed by atoms with Crippen LogP contribution < -0.4 is 0 Å². The van der Waals surface area contributed by atoms with Crippen molar-refractivity contribution in [2.75, 3.05) is 0 Å². The Kier molecular flexibility index (Phi) is 5.19. The van der Waals surface area contributed by atoms with Crippen molar-refractivity contribution in [1.82, 2.24) is 0 Å². The summed E-state index contributed by atoms with van der Waals surface area (Å²) in [5, 5.41) is 0. The summed E-state index contributed by atoms with van der Waals surface area (Å²) in [5.41, 5.74) is 0.107. The molecule has 2 atom stereocenters. The van der Waals surface area contributed by atoms with E-state index in [2.05, 4.69) is 15.9 Å². The minimum absolute atomic E-state index is 0.0507. The molecule has 24 heavy (non-hydrogen) atoms. The summed E-state index contributed by atoms with van der Waals surface area (Å²) in [4.78, 5) is 12.3. The van der Waals surface area contributed by atoms with Crippen LogP contribution in [0.2, 0.25) is 0 Å². The molecule has 0 saturated heterocycles. The summed E-state index contributed by atoms with van der Waals surface area (Å²) >= 11 is 2.90. The van der Waals surface area contributed by atoms with Gasteiger partial charge in [-0.2, -0.15) is 0 Å². The Bertz CT molecular complexity index is 692. The Balaban J connectivity index is 2.16. The Morgan fingerprint density at radius 2 is 1.79 bits per heavy atom. The van der Waals surface area contributed by atoms with Gasteiger partial charge in [0.15, 0.2) is 11.6 Å². The number of benzene rings is 1. The summed E-state index contributed by atoms with van der Waals surface area (Å²) in [6.45, 7) is 8.41. The molecule has 132 valence electrons. The molecule has 0 unspecified atom stereocenters. The van der Waals surface area contributed by atoms with Gasteiger partial charge < -0.3 is 4.74 Å². The molecule has 2 nitrogen and oxygen atoms in total. The number of carbonyl (C=O) groups excluding carboxylic acids is 1. The highest BCUT2D eigenvalue weighted by molar-refractivity contribution is 9.10. The number of halogens is 4. The van der Waals surface area contributed by atoms with Crippen molar-refractivity contribution in [1.29, 1.82) is 0 Å². The molecule has 0 aromatic heterocycles. The van der Waals surface area contributed by atoms with Crippen LogP contribution in [0.15, 0.2) is 16.1 Å². The topological polar surface area (TPSA) is 26.3 Å². The van der Waals surface area contributed by atoms with Gasteiger partial charge in [-0.05, 0) is 48.0 Å². The molecule has 1 aliphatic rings. The molecule has 0 heterocycles. The van der Waals surface area contributed by atoms with E-state index >= 15 is 0 Å². The molecule has 1 fully saturated rings. The Morgan fingerprint density at radius 3 is 2.33 bits per heavy atom. The van der Waals surface area contributed by atoms with Crippen LogP contribution in [-0.4, -0.2) is 5.97 Å². The van der Waals surface area contributed by atoms with Crippen LogP contribution in [0.4, 0.5) is 13.2 Å². The molecule has 0 spiro atoms. The molecule has 1 aromatic carbocycles. The van der Waals surface area contributed by atoms with Gasteiger partial charge in [0, 0.05) is 11.1 Å². The van der Waals surface area contributed by atoms with E-state index in [1.54, 1.807) is 0 Å². The average molecular weight is 405 g/mol. The van der Waals surface area contributed by atoms with Gasteiger partial charge >= 0.3 is 5.97 Å². The SMILES string of the molecule is CC(C)=C[C@@H]1[C@@H](C(=O)OCc2c(F)c(F)c(C)c(F)c2Br)C1(C)C. The van der Waals surface area contributed by atoms with E-state index in [4.69, 9.17) is 4.74 Å². The fourth-order valence-electron chi connectivity index (χ4n) is 2.94. The predicted molar refractivity (Wildman–Crippen MR) is 88.7 cm³/mol. The van der Waals surface area contributed by atoms with Crippen molar-refractivity contribution < 1.29 is 22.7 Å². The first-order valence-corrected chi connectivity index (χ1v) is 8.42. The van der Waals surface area contributed by atoms with Crippen molar-refractivity contribution in [2.24, 2.45) is 17.3 Å². The second-order valence-corrected chi connectivity index (χ2v) is 7.83. The van der Waals surface area contributed by atoms with Crippen LogP contribution >= 0.6 is 15.9 Å². The minimum atomic E-state index is -1.27. The van der Waals surface area contributed by atoms with Crippen molar-refractivity contribution in [2.45, 2.75) is 41.2 Å². The number of esters is 1. The second-order valence-electron chi connectivity index (χ2n) is 7.04. The number of hydrogen-bond donors (Lipinski definition) is 0. The first-order valence-electron chi connectivity index (χ1n) is 7.63. The minimum Gasteiger partial charge on any atom is -0.460 e. The monoisotopic (exact) mass is 404 g/mol. The van der Waals surface area contributed by atoms with Crippen LogP contribution in [0.5, 0.6) is 0 Å². The van der Waals surface area contributed by atoms with Crippen molar-refractivity contribution in [3.63, 3.8) is 0 Å². The van der Waals surface area contributed by atoms with Crippen LogP contribution in [0.1, 0.15) is 38.8 Å². The maximum absolute atomic E-state index is 14.0. The normalized spacial score (nSPS) is 21.4. The number of ether oxygens (including phenoxy) is 1. The van der Waals surface area contributed by atoms with E-state index in [1.807, 2.05) is 33.8 Å². The molecule has 0 N–H and O–H groups in total. The van der Waals surface area contributed by atoms with Crippen LogP contribution in [0.25, 0.3) is 0 Å². The van der Waals surface area contributed by atoms with Crippen molar-refractivity contribution in [3.05, 3.63) is 44.7 Å². The quantitative estimate of drug-likeness (QED) is 0.378. The van der Waals surface area contributed by atoms with Crippen LogP contribution in [0.3, 0.4) is 0 Å². The Labute approximate surface area is 148 Å². The van der Waals surface area contributed by atoms with E-state index in [0.717, 1.165) is 12.5 Å². The van der Waals surface area contributed by atoms with Crippen LogP contribution in [0, 0.1) is 41.6 Å². The van der Waals surface area contributed by atoms with E-state index in [9.17, 15) is 18.0 Å². The molecule has 1 aromatic rings. The third-order valence-electron chi connectivity index (χ3n) is 4.61. The molecular formula is C18H20BrF3O2. The first kappa shape index (κ1) is 19.0. The highest BCUT2D eigenvalue weighted by Gasteiger charge is 2.61. The summed E-state index contributed by atoms with van der Waals surface area (Å²) in [6.07, 6.45) is 2.01. The first-order chi connectivity index (χ1) is 11.0. The summed E-state index contributed by atoms with van der Waals surface area (Å²) in [6, 6.07) is 0. The van der Waals surface area contributed by atoms with Gasteiger partial charge in [0.2, 0.25) is 0 Å². The summed E-state index contributed by atoms with van der Waals surface area (Å²) in [7, 11) is 0. The number of allylic oxidation sites excluding steroid dienone is 2. The van der Waals surface area contributed by atoms with Gasteiger partial charge in [-0.15, -0.1) is 0 Å². The summed E-state index contributed by atoms with van der Waals surface area (Å²) < 4.78 is 46.4. The Morgan fingerprint density at radius 1 is 1.21 bits per heavy atom. The van der Waals surface area contributed by atoms with Gasteiger partial charge in [0.25, 0.3) is 0 Å². The fraction of sp³-hybridized carbons (Fsp3) is 0.500. The van der Waals surface area contributed by atoms with E-state index in [-0.39, 0.29) is 27.3 Å². The lowest BCUT2D eigenvalue weighted by Crippen LogP contribution is -2.13. The third kappa shape index (κ3) is 3.25. The fourth-order valence-corrected chi connectivity index (χ4v) is 3.53. The maximum Gasteiger partial charge on any atom is 0.310 e. The number of hydrogen-bond acceptors (Lipinski definition) is 2. The standard InChI is InChI=1S/C18H20BrF3O2/c1-8(2)6-11-12(18(11,4)5)17(23)24-7-10-13(19)14(20)9(3)15(21)16(10)22/h6,11-12H,7H2,1-5H3/t11-,12+/m1/s1. The van der Waals surface area contributed by atoms with E-state index in [0.29, 0.717) is 0 Å². The van der Waals surface area contributed by atoms with E-state index in [1.165, 1.54) is 0 Å². The van der Waals surface area contributed by atoms with Gasteiger partial charge in [-0.1, -0.05) is 25.5 Å². The van der Waals surface area contributed by atoms with Gasteiger partial charge in [0.1, 0.15) is 12.4 Å². The zero-order valence-corrected chi connectivity index (χ0v) is 15.9. The molecule has 6 heteroatoms. The van der Waals surface area contributed by atoms with Gasteiger partial charge in [-0.25, -0.2) is 13.2 Å². The lowest BCUT2D eigenvalue weighted by molar-refractivity contribution is -0.147. The van der Waals surface area contributed by atoms with Crippen LogP contribution in [-0.2, 0) is 16.1 Å². The zero-order valence-electron chi connectivity index (χ0n) is 14.3. The second kappa shape index (κ2) is 6.54. The lowest BCUT2D eigenvalue weighted by Gasteiger charge is -2.12. The maximum atomic E-state index is 14.0.